The first-order chi connectivity index (χ1) is 10.0. The maximum absolute atomic E-state index is 13.3. The smallest absolute Gasteiger partial charge is 0.308 e. The van der Waals surface area contributed by atoms with Gasteiger partial charge in [-0.15, -0.1) is 0 Å². The molecule has 1 rings (SSSR count). The first kappa shape index (κ1) is 16.9. The number of carboxylic acid groups (broad SMARTS) is 1. The summed E-state index contributed by atoms with van der Waals surface area (Å²) < 4.78 is 18.4. The molecule has 0 aliphatic carbocycles. The molecule has 5 nitrogen and oxygen atoms in total. The zero-order valence-electron chi connectivity index (χ0n) is 12.0. The number of nitrogens with one attached hydrogen (secondary N) is 1. The Labute approximate surface area is 123 Å². The van der Waals surface area contributed by atoms with Crippen molar-refractivity contribution in [2.24, 2.45) is 5.92 Å². The van der Waals surface area contributed by atoms with Crippen molar-refractivity contribution in [3.05, 3.63) is 30.1 Å². The van der Waals surface area contributed by atoms with Gasteiger partial charge in [-0.05, 0) is 18.6 Å². The molecule has 0 aromatic heterocycles. The maximum atomic E-state index is 13.3. The van der Waals surface area contributed by atoms with E-state index in [9.17, 15) is 14.0 Å². The van der Waals surface area contributed by atoms with Gasteiger partial charge in [0.05, 0.1) is 18.9 Å². The summed E-state index contributed by atoms with van der Waals surface area (Å²) in [5.74, 6) is -2.19. The van der Waals surface area contributed by atoms with Gasteiger partial charge in [0, 0.05) is 6.54 Å². The van der Waals surface area contributed by atoms with E-state index in [2.05, 4.69) is 5.32 Å². The van der Waals surface area contributed by atoms with E-state index in [1.54, 1.807) is 12.1 Å². The van der Waals surface area contributed by atoms with Gasteiger partial charge in [-0.3, -0.25) is 9.59 Å². The number of halogens is 1. The molecule has 0 saturated carbocycles. The number of carbonyl (C=O) groups excluding carboxylic acids is 1. The summed E-state index contributed by atoms with van der Waals surface area (Å²) in [4.78, 5) is 22.5. The maximum Gasteiger partial charge on any atom is 0.308 e. The van der Waals surface area contributed by atoms with E-state index < -0.39 is 17.7 Å². The van der Waals surface area contributed by atoms with Gasteiger partial charge >= 0.3 is 5.97 Å². The second-order valence-electron chi connectivity index (χ2n) is 4.66. The van der Waals surface area contributed by atoms with Crippen LogP contribution in [0.2, 0.25) is 0 Å². The van der Waals surface area contributed by atoms with Crippen molar-refractivity contribution in [2.75, 3.05) is 13.2 Å². The van der Waals surface area contributed by atoms with Crippen molar-refractivity contribution in [3.63, 3.8) is 0 Å². The van der Waals surface area contributed by atoms with Crippen molar-refractivity contribution in [1.82, 2.24) is 5.32 Å². The molecule has 21 heavy (non-hydrogen) atoms. The Bertz CT molecular complexity index is 478. The van der Waals surface area contributed by atoms with Crippen molar-refractivity contribution >= 4 is 11.9 Å². The molecule has 0 spiro atoms. The van der Waals surface area contributed by atoms with Crippen LogP contribution in [0.3, 0.4) is 0 Å². The van der Waals surface area contributed by atoms with Crippen molar-refractivity contribution in [1.29, 1.82) is 0 Å². The van der Waals surface area contributed by atoms with E-state index in [0.29, 0.717) is 6.42 Å². The SMILES string of the molecule is CCCC(CNC(=O)CCOc1ccccc1F)C(=O)O. The van der Waals surface area contributed by atoms with E-state index >= 15 is 0 Å². The Hall–Kier alpha value is -2.11. The number of rotatable bonds is 9. The standard InChI is InChI=1S/C15H20FNO4/c1-2-5-11(15(19)20)10-17-14(18)8-9-21-13-7-4-3-6-12(13)16/h3-4,6-7,11H,2,5,8-10H2,1H3,(H,17,18)(H,19,20). The average Bonchev–Trinajstić information content (AvgIpc) is 2.45. The van der Waals surface area contributed by atoms with Crippen LogP contribution < -0.4 is 10.1 Å². The van der Waals surface area contributed by atoms with Crippen LogP contribution >= 0.6 is 0 Å². The second-order valence-corrected chi connectivity index (χ2v) is 4.66. The lowest BCUT2D eigenvalue weighted by Crippen LogP contribution is -2.33. The molecule has 0 saturated heterocycles. The molecule has 6 heteroatoms. The lowest BCUT2D eigenvalue weighted by atomic mass is 10.0. The summed E-state index contributed by atoms with van der Waals surface area (Å²) in [6, 6.07) is 5.95. The van der Waals surface area contributed by atoms with Gasteiger partial charge in [-0.1, -0.05) is 25.5 Å². The minimum absolute atomic E-state index is 0.0400. The summed E-state index contributed by atoms with van der Waals surface area (Å²) in [5.41, 5.74) is 0. The van der Waals surface area contributed by atoms with Crippen molar-refractivity contribution < 1.29 is 23.8 Å². The molecule has 1 unspecified atom stereocenters. The zero-order chi connectivity index (χ0) is 15.7. The number of hydrogen-bond donors (Lipinski definition) is 2. The lowest BCUT2D eigenvalue weighted by Gasteiger charge is -2.12. The molecule has 116 valence electrons. The lowest BCUT2D eigenvalue weighted by molar-refractivity contribution is -0.141. The molecule has 1 aromatic carbocycles. The molecule has 0 heterocycles. The molecular weight excluding hydrogens is 277 g/mol. The van der Waals surface area contributed by atoms with Gasteiger partial charge in [0.15, 0.2) is 11.6 Å². The van der Waals surface area contributed by atoms with Crippen LogP contribution in [0.5, 0.6) is 5.75 Å². The van der Waals surface area contributed by atoms with Gasteiger partial charge in [0.1, 0.15) is 0 Å². The highest BCUT2D eigenvalue weighted by Gasteiger charge is 2.17. The van der Waals surface area contributed by atoms with Crippen LogP contribution in [0.25, 0.3) is 0 Å². The normalized spacial score (nSPS) is 11.7. The topological polar surface area (TPSA) is 75.6 Å². The molecular formula is C15H20FNO4. The highest BCUT2D eigenvalue weighted by atomic mass is 19.1. The van der Waals surface area contributed by atoms with Crippen molar-refractivity contribution in [3.8, 4) is 5.75 Å². The van der Waals surface area contributed by atoms with Crippen LogP contribution in [0.4, 0.5) is 4.39 Å². The highest BCUT2D eigenvalue weighted by molar-refractivity contribution is 5.77. The van der Waals surface area contributed by atoms with E-state index in [0.717, 1.165) is 6.42 Å². The first-order valence-electron chi connectivity index (χ1n) is 6.91. The molecule has 1 aromatic rings. The molecule has 1 amide bonds. The molecule has 1 atom stereocenters. The van der Waals surface area contributed by atoms with Crippen molar-refractivity contribution in [2.45, 2.75) is 26.2 Å². The summed E-state index contributed by atoms with van der Waals surface area (Å²) in [6.07, 6.45) is 1.30. The van der Waals surface area contributed by atoms with Gasteiger partial charge in [-0.2, -0.15) is 0 Å². The Morgan fingerprint density at radius 3 is 2.71 bits per heavy atom. The van der Waals surface area contributed by atoms with Crippen LogP contribution in [0.15, 0.2) is 24.3 Å². The number of benzene rings is 1. The summed E-state index contributed by atoms with van der Waals surface area (Å²) in [5, 5.41) is 11.5. The Balaban J connectivity index is 2.28. The third-order valence-electron chi connectivity index (χ3n) is 2.96. The monoisotopic (exact) mass is 297 g/mol. The molecule has 2 N–H and O–H groups in total. The van der Waals surface area contributed by atoms with E-state index in [1.165, 1.54) is 12.1 Å². The largest absolute Gasteiger partial charge is 0.490 e. The van der Waals surface area contributed by atoms with Gasteiger partial charge < -0.3 is 15.2 Å². The fourth-order valence-electron chi connectivity index (χ4n) is 1.80. The van der Waals surface area contributed by atoms with Gasteiger partial charge in [0.25, 0.3) is 0 Å². The van der Waals surface area contributed by atoms with E-state index in [1.807, 2.05) is 6.92 Å². The van der Waals surface area contributed by atoms with Crippen LogP contribution in [-0.4, -0.2) is 30.1 Å². The van der Waals surface area contributed by atoms with E-state index in [4.69, 9.17) is 9.84 Å². The number of carbonyl (C=O) groups is 2. The second kappa shape index (κ2) is 8.94. The minimum Gasteiger partial charge on any atom is -0.490 e. The van der Waals surface area contributed by atoms with Crippen LogP contribution in [0.1, 0.15) is 26.2 Å². The number of aliphatic carboxylic acids is 1. The third-order valence-corrected chi connectivity index (χ3v) is 2.96. The number of carboxylic acids is 1. The Kier molecular flexibility index (Phi) is 7.21. The fourth-order valence-corrected chi connectivity index (χ4v) is 1.80. The predicted octanol–water partition coefficient (Wildman–Crippen LogP) is 2.21. The number of ether oxygens (including phenoxy) is 1. The minimum atomic E-state index is -0.917. The molecule has 0 bridgehead atoms. The van der Waals surface area contributed by atoms with Crippen LogP contribution in [-0.2, 0) is 9.59 Å². The quantitative estimate of drug-likeness (QED) is 0.733. The summed E-state index contributed by atoms with van der Waals surface area (Å²) in [6.45, 7) is 2.03. The molecule has 0 aliphatic rings. The third kappa shape index (κ3) is 6.25. The van der Waals surface area contributed by atoms with E-state index in [-0.39, 0.29) is 31.2 Å². The number of para-hydroxylation sites is 1. The Morgan fingerprint density at radius 2 is 2.10 bits per heavy atom. The molecule has 0 radical (unpaired) electrons. The molecule has 0 aliphatic heterocycles. The van der Waals surface area contributed by atoms with Crippen LogP contribution in [0, 0.1) is 11.7 Å². The fraction of sp³-hybridized carbons (Fsp3) is 0.467. The number of hydrogen-bond acceptors (Lipinski definition) is 3. The molecule has 0 fully saturated rings. The van der Waals surface area contributed by atoms with Gasteiger partial charge in [-0.25, -0.2) is 4.39 Å². The van der Waals surface area contributed by atoms with Gasteiger partial charge in [0.2, 0.25) is 5.91 Å². The zero-order valence-corrected chi connectivity index (χ0v) is 12.0. The highest BCUT2D eigenvalue weighted by Crippen LogP contribution is 2.15. The average molecular weight is 297 g/mol. The number of amides is 1. The first-order valence-corrected chi connectivity index (χ1v) is 6.91. The predicted molar refractivity (Wildman–Crippen MR) is 75.6 cm³/mol. The Morgan fingerprint density at radius 1 is 1.38 bits per heavy atom. The summed E-state index contributed by atoms with van der Waals surface area (Å²) >= 11 is 0. The summed E-state index contributed by atoms with van der Waals surface area (Å²) in [7, 11) is 0.